The fourth-order valence-electron chi connectivity index (χ4n) is 3.69. The number of carbonyl (C=O) groups is 1. The average molecular weight is 489 g/mol. The van der Waals surface area contributed by atoms with Crippen molar-refractivity contribution in [2.75, 3.05) is 26.2 Å². The van der Waals surface area contributed by atoms with Crippen molar-refractivity contribution < 1.29 is 22.8 Å². The van der Waals surface area contributed by atoms with E-state index < -0.39 is 6.61 Å². The topological polar surface area (TPSA) is 71.7 Å². The molecule has 4 rings (SSSR count). The van der Waals surface area contributed by atoms with Crippen LogP contribution in [-0.2, 0) is 4.79 Å². The van der Waals surface area contributed by atoms with Crippen molar-refractivity contribution in [2.45, 2.75) is 19.6 Å². The van der Waals surface area contributed by atoms with Gasteiger partial charge in [-0.1, -0.05) is 35.0 Å². The van der Waals surface area contributed by atoms with Crippen LogP contribution in [0.1, 0.15) is 24.4 Å². The Hall–Kier alpha value is -3.30. The van der Waals surface area contributed by atoms with Gasteiger partial charge in [-0.05, 0) is 43.3 Å². The van der Waals surface area contributed by atoms with Crippen LogP contribution in [0, 0.1) is 0 Å². The van der Waals surface area contributed by atoms with Gasteiger partial charge in [-0.25, -0.2) is 0 Å². The zero-order valence-corrected chi connectivity index (χ0v) is 19.2. The van der Waals surface area contributed by atoms with E-state index in [0.717, 1.165) is 5.56 Å². The molecule has 7 nitrogen and oxygen atoms in total. The lowest BCUT2D eigenvalue weighted by Crippen LogP contribution is -2.48. The van der Waals surface area contributed by atoms with Crippen molar-refractivity contribution >= 4 is 23.6 Å². The lowest BCUT2D eigenvalue weighted by atomic mass is 10.1. The summed E-state index contributed by atoms with van der Waals surface area (Å²) >= 11 is 5.93. The molecule has 10 heteroatoms. The fourth-order valence-corrected chi connectivity index (χ4v) is 3.82. The van der Waals surface area contributed by atoms with Gasteiger partial charge >= 0.3 is 6.61 Å². The molecule has 0 aliphatic carbocycles. The predicted molar refractivity (Wildman–Crippen MR) is 123 cm³/mol. The molecule has 0 saturated carbocycles. The van der Waals surface area contributed by atoms with Crippen LogP contribution in [0.25, 0.3) is 17.5 Å². The van der Waals surface area contributed by atoms with E-state index in [2.05, 4.69) is 19.8 Å². The molecule has 1 saturated heterocycles. The second-order valence-corrected chi connectivity index (χ2v) is 8.19. The Bertz CT molecular complexity index is 1150. The molecular formula is C24H23ClF2N4O3. The maximum atomic E-state index is 12.6. The second kappa shape index (κ2) is 10.8. The van der Waals surface area contributed by atoms with Gasteiger partial charge in [0.2, 0.25) is 17.6 Å². The van der Waals surface area contributed by atoms with Gasteiger partial charge in [-0.3, -0.25) is 9.69 Å². The summed E-state index contributed by atoms with van der Waals surface area (Å²) < 4.78 is 35.1. The number of aromatic nitrogens is 2. The summed E-state index contributed by atoms with van der Waals surface area (Å²) in [5.74, 6) is 0.827. The summed E-state index contributed by atoms with van der Waals surface area (Å²) in [4.78, 5) is 21.0. The number of halogens is 3. The molecule has 0 spiro atoms. The third-order valence-corrected chi connectivity index (χ3v) is 5.87. The van der Waals surface area contributed by atoms with Crippen LogP contribution in [0.3, 0.4) is 0 Å². The quantitative estimate of drug-likeness (QED) is 0.440. The van der Waals surface area contributed by atoms with E-state index in [1.54, 1.807) is 35.2 Å². The molecule has 34 heavy (non-hydrogen) atoms. The molecule has 1 atom stereocenters. The zero-order chi connectivity index (χ0) is 24.1. The molecule has 0 radical (unpaired) electrons. The normalized spacial score (nSPS) is 15.7. The Morgan fingerprint density at radius 3 is 2.53 bits per heavy atom. The molecule has 1 aliphatic rings. The first-order valence-electron chi connectivity index (χ1n) is 10.7. The van der Waals surface area contributed by atoms with Crippen LogP contribution in [0.15, 0.2) is 59.1 Å². The Morgan fingerprint density at radius 2 is 1.82 bits per heavy atom. The lowest BCUT2D eigenvalue weighted by Gasteiger charge is -2.36. The Kier molecular flexibility index (Phi) is 7.54. The van der Waals surface area contributed by atoms with Gasteiger partial charge in [0.25, 0.3) is 0 Å². The number of hydrogen-bond donors (Lipinski definition) is 0. The molecule has 1 fully saturated rings. The summed E-state index contributed by atoms with van der Waals surface area (Å²) in [5.41, 5.74) is 1.23. The van der Waals surface area contributed by atoms with Gasteiger partial charge in [0.05, 0.1) is 6.04 Å². The van der Waals surface area contributed by atoms with Crippen LogP contribution in [0.2, 0.25) is 5.02 Å². The highest BCUT2D eigenvalue weighted by molar-refractivity contribution is 6.30. The number of para-hydroxylation sites is 1. The number of ether oxygens (including phenoxy) is 1. The summed E-state index contributed by atoms with van der Waals surface area (Å²) in [6, 6.07) is 13.4. The summed E-state index contributed by atoms with van der Waals surface area (Å²) in [7, 11) is 0. The monoisotopic (exact) mass is 488 g/mol. The van der Waals surface area contributed by atoms with E-state index in [4.69, 9.17) is 16.1 Å². The van der Waals surface area contributed by atoms with Crippen molar-refractivity contribution in [3.63, 3.8) is 0 Å². The highest BCUT2D eigenvalue weighted by Crippen LogP contribution is 2.25. The summed E-state index contributed by atoms with van der Waals surface area (Å²) in [6.45, 7) is 1.34. The van der Waals surface area contributed by atoms with Crippen molar-refractivity contribution in [3.05, 3.63) is 71.1 Å². The largest absolute Gasteiger partial charge is 0.434 e. The molecule has 1 aliphatic heterocycles. The first-order chi connectivity index (χ1) is 16.4. The Morgan fingerprint density at radius 1 is 1.12 bits per heavy atom. The maximum absolute atomic E-state index is 12.6. The number of hydrogen-bond acceptors (Lipinski definition) is 6. The maximum Gasteiger partial charge on any atom is 0.387 e. The lowest BCUT2D eigenvalue weighted by molar-refractivity contribution is -0.128. The van der Waals surface area contributed by atoms with Crippen molar-refractivity contribution in [2.24, 2.45) is 0 Å². The molecule has 2 heterocycles. The third-order valence-electron chi connectivity index (χ3n) is 5.62. The standard InChI is InChI=1S/C24H23ClF2N4O3/c1-16(23-28-22(29-34-23)18-6-9-19(25)10-7-18)30-12-14-31(15-13-30)21(32)11-8-17-4-2-3-5-20(17)33-24(26)27/h2-11,16,24H,12-15H2,1H3/b11-8+. The van der Waals surface area contributed by atoms with E-state index in [0.29, 0.717) is 48.5 Å². The van der Waals surface area contributed by atoms with Gasteiger partial charge < -0.3 is 14.2 Å². The summed E-state index contributed by atoms with van der Waals surface area (Å²) in [6.07, 6.45) is 2.87. The second-order valence-electron chi connectivity index (χ2n) is 7.75. The molecule has 1 unspecified atom stereocenters. The van der Waals surface area contributed by atoms with Crippen LogP contribution in [-0.4, -0.2) is 58.6 Å². The van der Waals surface area contributed by atoms with Crippen LogP contribution in [0.4, 0.5) is 8.78 Å². The number of rotatable bonds is 7. The van der Waals surface area contributed by atoms with Crippen LogP contribution < -0.4 is 4.74 Å². The van der Waals surface area contributed by atoms with Crippen LogP contribution in [0.5, 0.6) is 5.75 Å². The van der Waals surface area contributed by atoms with Crippen molar-refractivity contribution in [3.8, 4) is 17.1 Å². The van der Waals surface area contributed by atoms with E-state index >= 15 is 0 Å². The number of nitrogens with zero attached hydrogens (tertiary/aromatic N) is 4. The van der Waals surface area contributed by atoms with E-state index in [1.165, 1.54) is 18.2 Å². The number of benzene rings is 2. The van der Waals surface area contributed by atoms with Crippen molar-refractivity contribution in [1.29, 1.82) is 0 Å². The average Bonchev–Trinajstić information content (AvgIpc) is 3.33. The molecular weight excluding hydrogens is 466 g/mol. The van der Waals surface area contributed by atoms with Crippen molar-refractivity contribution in [1.82, 2.24) is 19.9 Å². The fraction of sp³-hybridized carbons (Fsp3) is 0.292. The Balaban J connectivity index is 1.33. The molecule has 1 aromatic heterocycles. The van der Waals surface area contributed by atoms with Gasteiger partial charge in [0.1, 0.15) is 5.75 Å². The summed E-state index contributed by atoms with van der Waals surface area (Å²) in [5, 5.41) is 4.70. The van der Waals surface area contributed by atoms with E-state index in [1.807, 2.05) is 19.1 Å². The minimum atomic E-state index is -2.93. The van der Waals surface area contributed by atoms with Crippen LogP contribution >= 0.6 is 11.6 Å². The zero-order valence-electron chi connectivity index (χ0n) is 18.4. The smallest absolute Gasteiger partial charge is 0.387 e. The Labute approximate surface area is 200 Å². The SMILES string of the molecule is CC(c1nc(-c2ccc(Cl)cc2)no1)N1CCN(C(=O)/C=C/c2ccccc2OC(F)F)CC1. The highest BCUT2D eigenvalue weighted by Gasteiger charge is 2.27. The number of alkyl halides is 2. The minimum Gasteiger partial charge on any atom is -0.434 e. The third kappa shape index (κ3) is 5.78. The first-order valence-corrected chi connectivity index (χ1v) is 11.1. The predicted octanol–water partition coefficient (Wildman–Crippen LogP) is 4.91. The highest BCUT2D eigenvalue weighted by atomic mass is 35.5. The minimum absolute atomic E-state index is 0.0257. The number of carbonyl (C=O) groups excluding carboxylic acids is 1. The number of amides is 1. The molecule has 2 aromatic carbocycles. The molecule has 1 amide bonds. The van der Waals surface area contributed by atoms with Gasteiger partial charge in [0, 0.05) is 48.4 Å². The molecule has 0 bridgehead atoms. The van der Waals surface area contributed by atoms with E-state index in [9.17, 15) is 13.6 Å². The molecule has 0 N–H and O–H groups in total. The molecule has 178 valence electrons. The first kappa shape index (κ1) is 23.8. The number of piperazine rings is 1. The molecule has 3 aromatic rings. The van der Waals surface area contributed by atoms with Gasteiger partial charge in [-0.2, -0.15) is 13.8 Å². The van der Waals surface area contributed by atoms with Gasteiger partial charge in [0.15, 0.2) is 0 Å². The van der Waals surface area contributed by atoms with E-state index in [-0.39, 0.29) is 17.7 Å². The van der Waals surface area contributed by atoms with Gasteiger partial charge in [-0.15, -0.1) is 0 Å².